The SMILES string of the molecule is COCc1nc(CN)c(C)o1. The summed E-state index contributed by atoms with van der Waals surface area (Å²) < 4.78 is 10.1. The molecular formula is C7H12N2O2. The predicted octanol–water partition coefficient (Wildman–Crippen LogP) is 0.588. The minimum atomic E-state index is 0.404. The fourth-order valence-corrected chi connectivity index (χ4v) is 0.862. The Bertz CT molecular complexity index is 232. The van der Waals surface area contributed by atoms with Gasteiger partial charge < -0.3 is 14.9 Å². The highest BCUT2D eigenvalue weighted by atomic mass is 16.5. The Hall–Kier alpha value is -0.870. The lowest BCUT2D eigenvalue weighted by atomic mass is 10.4. The van der Waals surface area contributed by atoms with Crippen LogP contribution in [0.3, 0.4) is 0 Å². The van der Waals surface area contributed by atoms with Crippen molar-refractivity contribution in [2.24, 2.45) is 5.73 Å². The monoisotopic (exact) mass is 156 g/mol. The van der Waals surface area contributed by atoms with Crippen molar-refractivity contribution < 1.29 is 9.15 Å². The first-order valence-electron chi connectivity index (χ1n) is 3.42. The molecule has 0 saturated heterocycles. The van der Waals surface area contributed by atoms with E-state index >= 15 is 0 Å². The average Bonchev–Trinajstić information content (AvgIpc) is 2.32. The lowest BCUT2D eigenvalue weighted by Crippen LogP contribution is -1.98. The average molecular weight is 156 g/mol. The Labute approximate surface area is 65.4 Å². The van der Waals surface area contributed by atoms with E-state index in [-0.39, 0.29) is 0 Å². The molecule has 0 aliphatic rings. The second-order valence-electron chi connectivity index (χ2n) is 2.25. The molecule has 0 aromatic carbocycles. The van der Waals surface area contributed by atoms with E-state index in [4.69, 9.17) is 14.9 Å². The molecule has 0 spiro atoms. The molecule has 0 radical (unpaired) electrons. The van der Waals surface area contributed by atoms with Crippen molar-refractivity contribution in [3.63, 3.8) is 0 Å². The van der Waals surface area contributed by atoms with Gasteiger partial charge in [0.05, 0.1) is 5.69 Å². The standard InChI is InChI=1S/C7H12N2O2/c1-5-6(3-8)9-7(11-5)4-10-2/h3-4,8H2,1-2H3. The molecular weight excluding hydrogens is 144 g/mol. The lowest BCUT2D eigenvalue weighted by Gasteiger charge is -1.88. The number of nitrogens with two attached hydrogens (primary N) is 1. The number of methoxy groups -OCH3 is 1. The molecule has 0 fully saturated rings. The quantitative estimate of drug-likeness (QED) is 0.695. The summed E-state index contributed by atoms with van der Waals surface area (Å²) in [4.78, 5) is 4.10. The van der Waals surface area contributed by atoms with Crippen LogP contribution in [0.5, 0.6) is 0 Å². The minimum Gasteiger partial charge on any atom is -0.443 e. The highest BCUT2D eigenvalue weighted by Crippen LogP contribution is 2.09. The van der Waals surface area contributed by atoms with E-state index in [1.165, 1.54) is 0 Å². The van der Waals surface area contributed by atoms with Crippen LogP contribution in [0.1, 0.15) is 17.3 Å². The number of rotatable bonds is 3. The normalized spacial score (nSPS) is 10.5. The third-order valence-electron chi connectivity index (χ3n) is 1.40. The summed E-state index contributed by atoms with van der Waals surface area (Å²) in [6, 6.07) is 0. The molecule has 0 unspecified atom stereocenters. The third kappa shape index (κ3) is 1.78. The van der Waals surface area contributed by atoms with Gasteiger partial charge in [0.15, 0.2) is 0 Å². The Balaban J connectivity index is 2.77. The first-order valence-corrected chi connectivity index (χ1v) is 3.42. The van der Waals surface area contributed by atoms with Crippen LogP contribution in [-0.2, 0) is 17.9 Å². The first kappa shape index (κ1) is 8.23. The van der Waals surface area contributed by atoms with Gasteiger partial charge in [-0.05, 0) is 6.92 Å². The Morgan fingerprint density at radius 1 is 1.64 bits per heavy atom. The molecule has 4 heteroatoms. The number of aromatic nitrogens is 1. The summed E-state index contributed by atoms with van der Waals surface area (Å²) in [6.07, 6.45) is 0. The van der Waals surface area contributed by atoms with Crippen LogP contribution in [0, 0.1) is 6.92 Å². The van der Waals surface area contributed by atoms with Gasteiger partial charge in [0.25, 0.3) is 0 Å². The fraction of sp³-hybridized carbons (Fsp3) is 0.571. The van der Waals surface area contributed by atoms with E-state index in [2.05, 4.69) is 4.98 Å². The van der Waals surface area contributed by atoms with E-state index in [1.54, 1.807) is 7.11 Å². The van der Waals surface area contributed by atoms with Gasteiger partial charge >= 0.3 is 0 Å². The molecule has 4 nitrogen and oxygen atoms in total. The van der Waals surface area contributed by atoms with Crippen LogP contribution in [0.25, 0.3) is 0 Å². The smallest absolute Gasteiger partial charge is 0.220 e. The van der Waals surface area contributed by atoms with Gasteiger partial charge in [0.1, 0.15) is 12.4 Å². The Morgan fingerprint density at radius 2 is 2.36 bits per heavy atom. The van der Waals surface area contributed by atoms with Gasteiger partial charge in [-0.2, -0.15) is 0 Å². The first-order chi connectivity index (χ1) is 5.27. The van der Waals surface area contributed by atoms with Gasteiger partial charge in [-0.3, -0.25) is 0 Å². The van der Waals surface area contributed by atoms with E-state index < -0.39 is 0 Å². The number of hydrogen-bond donors (Lipinski definition) is 1. The molecule has 1 rings (SSSR count). The van der Waals surface area contributed by atoms with E-state index in [0.29, 0.717) is 19.0 Å². The summed E-state index contributed by atoms with van der Waals surface area (Å²) in [6.45, 7) is 2.66. The number of nitrogens with zero attached hydrogens (tertiary/aromatic N) is 1. The second-order valence-corrected chi connectivity index (χ2v) is 2.25. The zero-order valence-electron chi connectivity index (χ0n) is 6.76. The summed E-state index contributed by atoms with van der Waals surface area (Å²) in [7, 11) is 1.60. The van der Waals surface area contributed by atoms with Crippen LogP contribution >= 0.6 is 0 Å². The van der Waals surface area contributed by atoms with Crippen LogP contribution in [0.15, 0.2) is 4.42 Å². The molecule has 1 heterocycles. The van der Waals surface area contributed by atoms with Gasteiger partial charge in [-0.15, -0.1) is 0 Å². The van der Waals surface area contributed by atoms with Gasteiger partial charge in [0.2, 0.25) is 5.89 Å². The molecule has 1 aromatic heterocycles. The fourth-order valence-electron chi connectivity index (χ4n) is 0.862. The molecule has 62 valence electrons. The number of hydrogen-bond acceptors (Lipinski definition) is 4. The number of aryl methyl sites for hydroxylation is 1. The number of oxazole rings is 1. The molecule has 0 bridgehead atoms. The van der Waals surface area contributed by atoms with Crippen LogP contribution in [-0.4, -0.2) is 12.1 Å². The zero-order chi connectivity index (χ0) is 8.27. The highest BCUT2D eigenvalue weighted by Gasteiger charge is 2.06. The molecule has 1 aromatic rings. The van der Waals surface area contributed by atoms with E-state index in [9.17, 15) is 0 Å². The van der Waals surface area contributed by atoms with Crippen LogP contribution in [0.2, 0.25) is 0 Å². The molecule has 11 heavy (non-hydrogen) atoms. The number of ether oxygens (including phenoxy) is 1. The summed E-state index contributed by atoms with van der Waals surface area (Å²) >= 11 is 0. The predicted molar refractivity (Wildman–Crippen MR) is 39.8 cm³/mol. The molecule has 0 saturated carbocycles. The minimum absolute atomic E-state index is 0.404. The second kappa shape index (κ2) is 3.50. The van der Waals surface area contributed by atoms with Crippen molar-refractivity contribution in [2.75, 3.05) is 7.11 Å². The topological polar surface area (TPSA) is 61.3 Å². The Morgan fingerprint density at radius 3 is 2.82 bits per heavy atom. The molecule has 0 atom stereocenters. The van der Waals surface area contributed by atoms with Crippen molar-refractivity contribution in [3.8, 4) is 0 Å². The molecule has 0 amide bonds. The highest BCUT2D eigenvalue weighted by molar-refractivity contribution is 5.06. The van der Waals surface area contributed by atoms with Gasteiger partial charge in [-0.25, -0.2) is 4.98 Å². The zero-order valence-corrected chi connectivity index (χ0v) is 6.76. The Kier molecular flexibility index (Phi) is 2.62. The maximum atomic E-state index is 5.40. The summed E-state index contributed by atoms with van der Waals surface area (Å²) in [5.41, 5.74) is 6.20. The van der Waals surface area contributed by atoms with E-state index in [0.717, 1.165) is 11.5 Å². The molecule has 0 aliphatic carbocycles. The van der Waals surface area contributed by atoms with Crippen molar-refractivity contribution >= 4 is 0 Å². The maximum absolute atomic E-state index is 5.40. The van der Waals surface area contributed by atoms with Crippen LogP contribution < -0.4 is 5.73 Å². The van der Waals surface area contributed by atoms with Crippen molar-refractivity contribution in [1.29, 1.82) is 0 Å². The third-order valence-corrected chi connectivity index (χ3v) is 1.40. The largest absolute Gasteiger partial charge is 0.443 e. The van der Waals surface area contributed by atoms with Crippen molar-refractivity contribution in [1.82, 2.24) is 4.98 Å². The molecule has 0 aliphatic heterocycles. The van der Waals surface area contributed by atoms with Crippen LogP contribution in [0.4, 0.5) is 0 Å². The summed E-state index contributed by atoms with van der Waals surface area (Å²) in [5, 5.41) is 0. The van der Waals surface area contributed by atoms with Gasteiger partial charge in [0, 0.05) is 13.7 Å². The van der Waals surface area contributed by atoms with Gasteiger partial charge in [-0.1, -0.05) is 0 Å². The molecule has 2 N–H and O–H groups in total. The maximum Gasteiger partial charge on any atom is 0.220 e. The van der Waals surface area contributed by atoms with Crippen molar-refractivity contribution in [2.45, 2.75) is 20.1 Å². The lowest BCUT2D eigenvalue weighted by molar-refractivity contribution is 0.158. The van der Waals surface area contributed by atoms with Crippen molar-refractivity contribution in [3.05, 3.63) is 17.3 Å². The summed E-state index contributed by atoms with van der Waals surface area (Å²) in [5.74, 6) is 1.37. The van der Waals surface area contributed by atoms with E-state index in [1.807, 2.05) is 6.92 Å².